The van der Waals surface area contributed by atoms with Gasteiger partial charge >= 0.3 is 0 Å². The number of nitrogens with zero attached hydrogens (tertiary/aromatic N) is 1. The van der Waals surface area contributed by atoms with Crippen molar-refractivity contribution in [3.05, 3.63) is 39.1 Å². The fourth-order valence-electron chi connectivity index (χ4n) is 2.47. The van der Waals surface area contributed by atoms with Gasteiger partial charge < -0.3 is 5.32 Å². The average Bonchev–Trinajstić information content (AvgIpc) is 3.38. The van der Waals surface area contributed by atoms with E-state index in [2.05, 4.69) is 21.2 Å². The number of benzene rings is 1. The van der Waals surface area contributed by atoms with Crippen LogP contribution in [-0.4, -0.2) is 11.0 Å². The molecular weight excluding hydrogens is 351 g/mol. The number of thiazole rings is 1. The van der Waals surface area contributed by atoms with E-state index in [4.69, 9.17) is 4.98 Å². The molecule has 2 aromatic rings. The molecule has 0 radical (unpaired) electrons. The summed E-state index contributed by atoms with van der Waals surface area (Å²) in [6.07, 6.45) is 5.06. The highest BCUT2D eigenvalue weighted by Gasteiger charge is 2.31. The highest BCUT2D eigenvalue weighted by atomic mass is 79.9. The summed E-state index contributed by atoms with van der Waals surface area (Å²) in [5, 5.41) is 4.50. The first kappa shape index (κ1) is 13.9. The van der Waals surface area contributed by atoms with E-state index in [9.17, 15) is 4.39 Å². The van der Waals surface area contributed by atoms with Crippen LogP contribution in [0.2, 0.25) is 0 Å². The van der Waals surface area contributed by atoms with Crippen molar-refractivity contribution in [3.8, 4) is 10.6 Å². The summed E-state index contributed by atoms with van der Waals surface area (Å²) >= 11 is 5.21. The predicted octanol–water partition coefficient (Wildman–Crippen LogP) is 4.84. The van der Waals surface area contributed by atoms with Gasteiger partial charge in [0.15, 0.2) is 0 Å². The van der Waals surface area contributed by atoms with E-state index in [-0.39, 0.29) is 5.82 Å². The third-order valence-corrected chi connectivity index (χ3v) is 5.77. The Morgan fingerprint density at radius 1 is 1.29 bits per heavy atom. The molecule has 2 aliphatic rings. The molecule has 0 unspecified atom stereocenters. The number of halogens is 2. The predicted molar refractivity (Wildman–Crippen MR) is 87.0 cm³/mol. The topological polar surface area (TPSA) is 24.9 Å². The Morgan fingerprint density at radius 2 is 2.10 bits per heavy atom. The van der Waals surface area contributed by atoms with Crippen LogP contribution >= 0.6 is 27.3 Å². The van der Waals surface area contributed by atoms with Crippen LogP contribution in [0.4, 0.5) is 4.39 Å². The minimum absolute atomic E-state index is 0.214. The second-order valence-corrected chi connectivity index (χ2v) is 7.82. The van der Waals surface area contributed by atoms with E-state index >= 15 is 0 Å². The number of rotatable bonds is 5. The lowest BCUT2D eigenvalue weighted by Crippen LogP contribution is -2.15. The van der Waals surface area contributed by atoms with Gasteiger partial charge in [-0.25, -0.2) is 9.37 Å². The summed E-state index contributed by atoms with van der Waals surface area (Å²) in [6, 6.07) is 5.49. The van der Waals surface area contributed by atoms with E-state index < -0.39 is 0 Å². The molecule has 2 saturated carbocycles. The van der Waals surface area contributed by atoms with Crippen LogP contribution in [0, 0.1) is 5.82 Å². The first-order chi connectivity index (χ1) is 10.2. The van der Waals surface area contributed by atoms with Gasteiger partial charge in [0.05, 0.1) is 5.69 Å². The zero-order valence-corrected chi connectivity index (χ0v) is 13.9. The molecule has 0 aliphatic heterocycles. The first-order valence-electron chi connectivity index (χ1n) is 7.39. The molecule has 1 aromatic carbocycles. The van der Waals surface area contributed by atoms with Crippen molar-refractivity contribution in [2.45, 2.75) is 44.2 Å². The van der Waals surface area contributed by atoms with Crippen LogP contribution in [0.5, 0.6) is 0 Å². The molecule has 0 amide bonds. The Bertz CT molecular complexity index is 677. The molecule has 2 fully saturated rings. The molecule has 1 aromatic heterocycles. The largest absolute Gasteiger partial charge is 0.309 e. The maximum Gasteiger partial charge on any atom is 0.125 e. The van der Waals surface area contributed by atoms with Crippen molar-refractivity contribution >= 4 is 27.3 Å². The fraction of sp³-hybridized carbons (Fsp3) is 0.438. The molecule has 1 N–H and O–H groups in total. The van der Waals surface area contributed by atoms with Gasteiger partial charge in [-0.15, -0.1) is 11.3 Å². The molecule has 0 atom stereocenters. The average molecular weight is 367 g/mol. The van der Waals surface area contributed by atoms with Gasteiger partial charge in [-0.05, 0) is 43.9 Å². The number of nitrogens with one attached hydrogen (secondary N) is 1. The lowest BCUT2D eigenvalue weighted by atomic mass is 10.2. The summed E-state index contributed by atoms with van der Waals surface area (Å²) < 4.78 is 14.4. The van der Waals surface area contributed by atoms with Crippen molar-refractivity contribution < 1.29 is 4.39 Å². The van der Waals surface area contributed by atoms with Crippen LogP contribution in [0.1, 0.15) is 42.2 Å². The maximum absolute atomic E-state index is 13.5. The number of hydrogen-bond acceptors (Lipinski definition) is 3. The smallest absolute Gasteiger partial charge is 0.125 e. The Morgan fingerprint density at radius 3 is 2.81 bits per heavy atom. The van der Waals surface area contributed by atoms with Crippen molar-refractivity contribution in [1.82, 2.24) is 10.3 Å². The van der Waals surface area contributed by atoms with E-state index in [0.717, 1.165) is 21.6 Å². The second-order valence-electron chi connectivity index (χ2n) is 5.88. The molecule has 2 aliphatic carbocycles. The number of hydrogen-bond donors (Lipinski definition) is 1. The normalized spacial score (nSPS) is 18.2. The summed E-state index contributed by atoms with van der Waals surface area (Å²) in [4.78, 5) is 6.15. The highest BCUT2D eigenvalue weighted by molar-refractivity contribution is 9.10. The van der Waals surface area contributed by atoms with E-state index in [0.29, 0.717) is 12.0 Å². The minimum Gasteiger partial charge on any atom is -0.309 e. The van der Waals surface area contributed by atoms with Gasteiger partial charge in [0.1, 0.15) is 10.8 Å². The van der Waals surface area contributed by atoms with Crippen LogP contribution in [-0.2, 0) is 6.54 Å². The Labute approximate surface area is 135 Å². The van der Waals surface area contributed by atoms with Gasteiger partial charge in [-0.1, -0.05) is 15.9 Å². The third-order valence-electron chi connectivity index (χ3n) is 3.98. The fourth-order valence-corrected chi connectivity index (χ4v) is 4.16. The minimum atomic E-state index is -0.214. The summed E-state index contributed by atoms with van der Waals surface area (Å²) in [5.74, 6) is 0.410. The second kappa shape index (κ2) is 5.45. The van der Waals surface area contributed by atoms with Gasteiger partial charge in [0.25, 0.3) is 0 Å². The zero-order valence-electron chi connectivity index (χ0n) is 11.5. The lowest BCUT2D eigenvalue weighted by Gasteiger charge is -2.01. The van der Waals surface area contributed by atoms with Gasteiger partial charge in [-0.3, -0.25) is 0 Å². The third kappa shape index (κ3) is 3.05. The van der Waals surface area contributed by atoms with Crippen LogP contribution < -0.4 is 5.32 Å². The maximum atomic E-state index is 13.5. The molecule has 110 valence electrons. The van der Waals surface area contributed by atoms with Gasteiger partial charge in [0, 0.05) is 33.4 Å². The lowest BCUT2D eigenvalue weighted by molar-refractivity contribution is 0.628. The van der Waals surface area contributed by atoms with Crippen molar-refractivity contribution in [2.75, 3.05) is 0 Å². The highest BCUT2D eigenvalue weighted by Crippen LogP contribution is 2.45. The van der Waals surface area contributed by atoms with Crippen molar-refractivity contribution in [3.63, 3.8) is 0 Å². The van der Waals surface area contributed by atoms with Crippen LogP contribution in [0.3, 0.4) is 0 Å². The SMILES string of the molecule is Fc1ccc(Br)c(-c2nc(C3CC3)c(CNC3CC3)s2)c1. The first-order valence-corrected chi connectivity index (χ1v) is 9.00. The van der Waals surface area contributed by atoms with Gasteiger partial charge in [0.2, 0.25) is 0 Å². The van der Waals surface area contributed by atoms with Crippen molar-refractivity contribution in [1.29, 1.82) is 0 Å². The summed E-state index contributed by atoms with van der Waals surface area (Å²) in [7, 11) is 0. The molecular formula is C16H16BrFN2S. The molecule has 1 heterocycles. The zero-order chi connectivity index (χ0) is 14.4. The molecule has 21 heavy (non-hydrogen) atoms. The quantitative estimate of drug-likeness (QED) is 0.818. The van der Waals surface area contributed by atoms with Crippen LogP contribution in [0.15, 0.2) is 22.7 Å². The molecule has 5 heteroatoms. The van der Waals surface area contributed by atoms with Crippen molar-refractivity contribution in [2.24, 2.45) is 0 Å². The number of aromatic nitrogens is 1. The van der Waals surface area contributed by atoms with Gasteiger partial charge in [-0.2, -0.15) is 0 Å². The Hall–Kier alpha value is -0.780. The molecule has 0 spiro atoms. The summed E-state index contributed by atoms with van der Waals surface area (Å²) in [6.45, 7) is 0.904. The Kier molecular flexibility index (Phi) is 3.59. The molecule has 2 nitrogen and oxygen atoms in total. The molecule has 0 saturated heterocycles. The van der Waals surface area contributed by atoms with E-state index in [1.165, 1.54) is 42.3 Å². The molecule has 4 rings (SSSR count). The standard InChI is InChI=1S/C16H16BrFN2S/c17-13-6-3-10(18)7-12(13)16-20-15(9-1-2-9)14(21-16)8-19-11-4-5-11/h3,6-7,9,11,19H,1-2,4-5,8H2. The van der Waals surface area contributed by atoms with E-state index in [1.54, 1.807) is 23.5 Å². The summed E-state index contributed by atoms with van der Waals surface area (Å²) in [5.41, 5.74) is 2.10. The van der Waals surface area contributed by atoms with E-state index in [1.807, 2.05) is 0 Å². The monoisotopic (exact) mass is 366 g/mol. The Balaban J connectivity index is 1.67. The van der Waals surface area contributed by atoms with Crippen LogP contribution in [0.25, 0.3) is 10.6 Å². The molecule has 0 bridgehead atoms.